The standard InChI is InChI=1S/C46H54Br2N4O4/c1-7-11-19-49(20-12-8-2)27(5)25-51-43(53)31-17-15-29-40-36(48)24-34-38-32(44(54)52(46(34)56)26-28(6)50(21-13-9-3)22-14-10-4)18-16-30(42(38)40)39-35(47)23-33(45(51)55)37(31)41(29)39/h15-18,23-24,27-28H,7-14,19-22,25-26H2,1-6H3. The molecule has 2 heterocycles. The van der Waals surface area contributed by atoms with Crippen molar-refractivity contribution < 1.29 is 19.2 Å². The van der Waals surface area contributed by atoms with Crippen LogP contribution in [0.3, 0.4) is 0 Å². The Labute approximate surface area is 347 Å². The Kier molecular flexibility index (Phi) is 12.2. The van der Waals surface area contributed by atoms with Crippen molar-refractivity contribution in [2.45, 2.75) is 105 Å². The molecular formula is C46H54Br2N4O4. The average Bonchev–Trinajstić information content (AvgIpc) is 3.19. The Balaban J connectivity index is 1.33. The molecule has 0 fully saturated rings. The first kappa shape index (κ1) is 40.7. The number of nitrogens with zero attached hydrogens (tertiary/aromatic N) is 4. The zero-order valence-corrected chi connectivity index (χ0v) is 36.9. The molecule has 10 heteroatoms. The zero-order chi connectivity index (χ0) is 40.0. The third-order valence-electron chi connectivity index (χ3n) is 12.2. The summed E-state index contributed by atoms with van der Waals surface area (Å²) in [6.45, 7) is 17.4. The van der Waals surface area contributed by atoms with Gasteiger partial charge in [0, 0.05) is 88.7 Å². The van der Waals surface area contributed by atoms with Crippen LogP contribution in [0.4, 0.5) is 0 Å². The van der Waals surface area contributed by atoms with E-state index in [2.05, 4.69) is 83.2 Å². The molecule has 7 rings (SSSR count). The predicted molar refractivity (Wildman–Crippen MR) is 235 cm³/mol. The number of unbranched alkanes of at least 4 members (excludes halogenated alkanes) is 4. The highest BCUT2D eigenvalue weighted by Gasteiger charge is 2.39. The van der Waals surface area contributed by atoms with Crippen LogP contribution in [0, 0.1) is 0 Å². The molecule has 2 atom stereocenters. The summed E-state index contributed by atoms with van der Waals surface area (Å²) in [6.07, 6.45) is 8.62. The summed E-state index contributed by atoms with van der Waals surface area (Å²) in [7, 11) is 0. The molecule has 2 aliphatic rings. The monoisotopic (exact) mass is 884 g/mol. The topological polar surface area (TPSA) is 81.2 Å². The molecule has 2 aliphatic heterocycles. The molecule has 0 saturated carbocycles. The van der Waals surface area contributed by atoms with Crippen LogP contribution in [0.25, 0.3) is 43.1 Å². The van der Waals surface area contributed by atoms with Crippen molar-refractivity contribution in [1.29, 1.82) is 0 Å². The highest BCUT2D eigenvalue weighted by Crippen LogP contribution is 2.50. The molecule has 0 bridgehead atoms. The second-order valence-electron chi connectivity index (χ2n) is 16.0. The smallest absolute Gasteiger partial charge is 0.261 e. The van der Waals surface area contributed by atoms with Crippen LogP contribution < -0.4 is 0 Å². The average molecular weight is 887 g/mol. The summed E-state index contributed by atoms with van der Waals surface area (Å²) in [5.74, 6) is -1.12. The van der Waals surface area contributed by atoms with E-state index in [1.165, 1.54) is 9.80 Å². The summed E-state index contributed by atoms with van der Waals surface area (Å²) < 4.78 is 1.46. The van der Waals surface area contributed by atoms with Crippen molar-refractivity contribution in [3.63, 3.8) is 0 Å². The van der Waals surface area contributed by atoms with Crippen molar-refractivity contribution in [2.75, 3.05) is 39.3 Å². The molecular weight excluding hydrogens is 832 g/mol. The summed E-state index contributed by atoms with van der Waals surface area (Å²) >= 11 is 7.74. The van der Waals surface area contributed by atoms with Gasteiger partial charge in [-0.05, 0) is 101 Å². The van der Waals surface area contributed by atoms with Gasteiger partial charge in [0.15, 0.2) is 0 Å². The minimum atomic E-state index is -0.284. The Morgan fingerprint density at radius 2 is 0.804 bits per heavy atom. The van der Waals surface area contributed by atoms with Gasteiger partial charge in [0.25, 0.3) is 23.6 Å². The summed E-state index contributed by atoms with van der Waals surface area (Å²) in [5, 5.41) is 6.39. The normalized spacial score (nSPS) is 15.7. The molecule has 0 spiro atoms. The minimum absolute atomic E-state index is 0.0203. The van der Waals surface area contributed by atoms with Gasteiger partial charge >= 0.3 is 0 Å². The van der Waals surface area contributed by atoms with Crippen LogP contribution in [0.15, 0.2) is 45.3 Å². The van der Waals surface area contributed by atoms with Crippen LogP contribution in [0.5, 0.6) is 0 Å². The van der Waals surface area contributed by atoms with E-state index < -0.39 is 0 Å². The molecule has 4 amide bonds. The first-order chi connectivity index (χ1) is 27.0. The van der Waals surface area contributed by atoms with E-state index in [0.29, 0.717) is 46.1 Å². The minimum Gasteiger partial charge on any atom is -0.299 e. The van der Waals surface area contributed by atoms with Crippen molar-refractivity contribution in [2.24, 2.45) is 0 Å². The van der Waals surface area contributed by atoms with Gasteiger partial charge in [-0.1, -0.05) is 97.4 Å². The van der Waals surface area contributed by atoms with Crippen molar-refractivity contribution in [3.05, 3.63) is 67.6 Å². The Hall–Kier alpha value is -3.44. The fourth-order valence-electron chi connectivity index (χ4n) is 9.11. The van der Waals surface area contributed by atoms with Gasteiger partial charge < -0.3 is 0 Å². The van der Waals surface area contributed by atoms with Gasteiger partial charge in [0.2, 0.25) is 0 Å². The van der Waals surface area contributed by atoms with Gasteiger partial charge in [-0.2, -0.15) is 0 Å². The van der Waals surface area contributed by atoms with E-state index in [1.807, 2.05) is 36.4 Å². The molecule has 0 saturated heterocycles. The lowest BCUT2D eigenvalue weighted by molar-refractivity contribution is 0.0538. The fourth-order valence-corrected chi connectivity index (χ4v) is 10.4. The van der Waals surface area contributed by atoms with Crippen LogP contribution in [-0.4, -0.2) is 94.6 Å². The van der Waals surface area contributed by atoms with Crippen LogP contribution in [0.2, 0.25) is 0 Å². The largest absolute Gasteiger partial charge is 0.299 e. The number of amides is 4. The number of halogens is 2. The molecule has 0 aromatic heterocycles. The van der Waals surface area contributed by atoms with E-state index in [4.69, 9.17) is 0 Å². The Bertz CT molecular complexity index is 2180. The fraction of sp³-hybridized carbons (Fsp3) is 0.478. The zero-order valence-electron chi connectivity index (χ0n) is 33.7. The van der Waals surface area contributed by atoms with E-state index in [0.717, 1.165) is 119 Å². The number of benzene rings is 5. The van der Waals surface area contributed by atoms with Gasteiger partial charge in [-0.25, -0.2) is 0 Å². The second kappa shape index (κ2) is 16.8. The number of imide groups is 2. The van der Waals surface area contributed by atoms with Crippen LogP contribution in [-0.2, 0) is 0 Å². The number of carbonyl (C=O) groups excluding carboxylic acids is 4. The number of hydrogen-bond acceptors (Lipinski definition) is 6. The molecule has 5 aromatic carbocycles. The highest BCUT2D eigenvalue weighted by atomic mass is 79.9. The van der Waals surface area contributed by atoms with Crippen LogP contribution in [0.1, 0.15) is 134 Å². The molecule has 2 unspecified atom stereocenters. The molecule has 56 heavy (non-hydrogen) atoms. The lowest BCUT2D eigenvalue weighted by Crippen LogP contribution is -2.49. The molecule has 0 N–H and O–H groups in total. The Morgan fingerprint density at radius 3 is 1.12 bits per heavy atom. The van der Waals surface area contributed by atoms with Gasteiger partial charge in [0.1, 0.15) is 0 Å². The van der Waals surface area contributed by atoms with Crippen molar-refractivity contribution >= 4 is 98.6 Å². The summed E-state index contributed by atoms with van der Waals surface area (Å²) in [6, 6.07) is 11.4. The SMILES string of the molecule is CCCCN(CCCC)C(C)CN1C(=O)c2ccc3c4c(Br)cc5c6c(ccc(c7c(Br)cc(c2c37)C1=O)c64)C(=O)N(CC(C)N(CCCC)CCCC)C5=O. The van der Waals surface area contributed by atoms with Gasteiger partial charge in [-0.3, -0.25) is 38.8 Å². The number of carbonyl (C=O) groups is 4. The quantitative estimate of drug-likeness (QED) is 0.0495. The number of fused-ring (bicyclic) bond motifs is 2. The van der Waals surface area contributed by atoms with Crippen LogP contribution >= 0.6 is 31.9 Å². The first-order valence-electron chi connectivity index (χ1n) is 20.8. The maximum absolute atomic E-state index is 14.4. The van der Waals surface area contributed by atoms with Crippen molar-refractivity contribution in [3.8, 4) is 0 Å². The summed E-state index contributed by atoms with van der Waals surface area (Å²) in [4.78, 5) is 65.3. The Morgan fingerprint density at radius 1 is 0.482 bits per heavy atom. The lowest BCUT2D eigenvalue weighted by atomic mass is 9.82. The number of hydrogen-bond donors (Lipinski definition) is 0. The van der Waals surface area contributed by atoms with E-state index in [1.54, 1.807) is 0 Å². The molecule has 5 aromatic rings. The lowest BCUT2D eigenvalue weighted by Gasteiger charge is -2.35. The first-order valence-corrected chi connectivity index (χ1v) is 22.4. The van der Waals surface area contributed by atoms with Crippen molar-refractivity contribution in [1.82, 2.24) is 19.6 Å². The van der Waals surface area contributed by atoms with Gasteiger partial charge in [0.05, 0.1) is 0 Å². The molecule has 0 radical (unpaired) electrons. The molecule has 0 aliphatic carbocycles. The summed E-state index contributed by atoms with van der Waals surface area (Å²) in [5.41, 5.74) is 2.03. The second-order valence-corrected chi connectivity index (χ2v) is 17.7. The van der Waals surface area contributed by atoms with E-state index in [9.17, 15) is 19.2 Å². The third kappa shape index (κ3) is 6.86. The predicted octanol–water partition coefficient (Wildman–Crippen LogP) is 11.0. The molecule has 296 valence electrons. The van der Waals surface area contributed by atoms with E-state index in [-0.39, 0.29) is 35.7 Å². The molecule has 8 nitrogen and oxygen atoms in total. The third-order valence-corrected chi connectivity index (χ3v) is 13.5. The van der Waals surface area contributed by atoms with E-state index >= 15 is 0 Å². The number of rotatable bonds is 18. The maximum Gasteiger partial charge on any atom is 0.261 e. The van der Waals surface area contributed by atoms with Gasteiger partial charge in [-0.15, -0.1) is 0 Å². The highest BCUT2D eigenvalue weighted by molar-refractivity contribution is 9.11. The maximum atomic E-state index is 14.4.